The Bertz CT molecular complexity index is 1070. The molecule has 3 heterocycles. The highest BCUT2D eigenvalue weighted by Crippen LogP contribution is 2.48. The van der Waals surface area contributed by atoms with E-state index in [9.17, 15) is 14.4 Å². The average Bonchev–Trinajstić information content (AvgIpc) is 3.09. The molecule has 8 nitrogen and oxygen atoms in total. The lowest BCUT2D eigenvalue weighted by atomic mass is 10.1. The number of hydrogen-bond donors (Lipinski definition) is 2. The predicted octanol–water partition coefficient (Wildman–Crippen LogP) is 2.69. The third kappa shape index (κ3) is 4.28. The van der Waals surface area contributed by atoms with Crippen molar-refractivity contribution in [1.82, 2.24) is 9.88 Å². The molecule has 1 amide bonds. The van der Waals surface area contributed by atoms with E-state index in [1.807, 2.05) is 24.3 Å². The van der Waals surface area contributed by atoms with Crippen molar-refractivity contribution < 1.29 is 19.1 Å². The molecule has 4 N–H and O–H groups in total. The van der Waals surface area contributed by atoms with Crippen LogP contribution in [0, 0.1) is 0 Å². The van der Waals surface area contributed by atoms with Crippen LogP contribution < -0.4 is 11.5 Å². The topological polar surface area (TPSA) is 129 Å². The monoisotopic (exact) mass is 526 g/mol. The minimum Gasteiger partial charge on any atom is -0.388 e. The van der Waals surface area contributed by atoms with Crippen LogP contribution in [0.2, 0.25) is 0 Å². The summed E-state index contributed by atoms with van der Waals surface area (Å²) < 4.78 is 5.88. The summed E-state index contributed by atoms with van der Waals surface area (Å²) in [6.45, 7) is 0. The van der Waals surface area contributed by atoms with Gasteiger partial charge in [-0.15, -0.1) is 23.1 Å². The zero-order chi connectivity index (χ0) is 21.4. The van der Waals surface area contributed by atoms with Gasteiger partial charge in [0.05, 0.1) is 29.3 Å². The number of halogens is 1. The summed E-state index contributed by atoms with van der Waals surface area (Å²) in [6, 6.07) is 7.45. The molecule has 156 valence electrons. The third-order valence-electron chi connectivity index (χ3n) is 4.29. The number of thioether (sulfide) groups is 2. The Kier molecular flexibility index (Phi) is 6.21. The molecule has 2 aliphatic rings. The van der Waals surface area contributed by atoms with E-state index in [0.29, 0.717) is 15.7 Å². The van der Waals surface area contributed by atoms with Crippen LogP contribution in [0.4, 0.5) is 5.13 Å². The normalized spacial score (nSPS) is 20.6. The van der Waals surface area contributed by atoms with E-state index < -0.39 is 17.3 Å². The Hall–Kier alpha value is -1.86. The summed E-state index contributed by atoms with van der Waals surface area (Å²) in [6.07, 6.45) is 0.0891. The number of nitrogens with two attached hydrogens (primary N) is 2. The van der Waals surface area contributed by atoms with Crippen LogP contribution in [0.25, 0.3) is 0 Å². The van der Waals surface area contributed by atoms with E-state index in [2.05, 4.69) is 20.9 Å². The van der Waals surface area contributed by atoms with Gasteiger partial charge in [-0.25, -0.2) is 9.78 Å². The van der Waals surface area contributed by atoms with Gasteiger partial charge in [-0.05, 0) is 28.1 Å². The summed E-state index contributed by atoms with van der Waals surface area (Å²) in [5.41, 5.74) is 12.3. The summed E-state index contributed by atoms with van der Waals surface area (Å²) >= 11 is 7.32. The number of carbonyl (C=O) groups is 3. The SMILES string of the molecule is Nc1nc(CC(=O)OC(=O)C2=C(Sc3ccccc3Br)C(N)S[C@@H]3CC(=O)N23)cs1. The van der Waals surface area contributed by atoms with Gasteiger partial charge < -0.3 is 16.2 Å². The number of rotatable bonds is 5. The fourth-order valence-electron chi connectivity index (χ4n) is 2.94. The molecule has 0 saturated carbocycles. The third-order valence-corrected chi connectivity index (χ3v) is 8.58. The predicted molar refractivity (Wildman–Crippen MR) is 119 cm³/mol. The second-order valence-corrected chi connectivity index (χ2v) is 10.5. The van der Waals surface area contributed by atoms with Gasteiger partial charge in [0.25, 0.3) is 0 Å². The lowest BCUT2D eigenvalue weighted by Crippen LogP contribution is -2.56. The Morgan fingerprint density at radius 1 is 1.37 bits per heavy atom. The number of carbonyl (C=O) groups excluding carboxylic acids is 3. The molecule has 4 rings (SSSR count). The lowest BCUT2D eigenvalue weighted by Gasteiger charge is -2.45. The highest BCUT2D eigenvalue weighted by atomic mass is 79.9. The number of nitrogens with zero attached hydrogens (tertiary/aromatic N) is 2. The van der Waals surface area contributed by atoms with Crippen molar-refractivity contribution in [2.24, 2.45) is 5.73 Å². The molecule has 1 fully saturated rings. The standard InChI is InChI=1S/C18H15BrN4O4S3/c19-9-3-1-2-4-10(9)29-15-14(23-11(24)6-12(23)30-16(15)20)17(26)27-13(25)5-8-7-28-18(21)22-8/h1-4,7,12,16H,5-6,20H2,(H2,21,22)/t12-,16?/m1/s1. The molecule has 1 saturated heterocycles. The van der Waals surface area contributed by atoms with Crippen molar-refractivity contribution in [3.8, 4) is 0 Å². The summed E-state index contributed by atoms with van der Waals surface area (Å²) in [4.78, 5) is 44.1. The molecule has 2 aliphatic heterocycles. The maximum atomic E-state index is 12.9. The number of nitrogen functional groups attached to an aromatic ring is 1. The van der Waals surface area contributed by atoms with Crippen molar-refractivity contribution in [3.63, 3.8) is 0 Å². The van der Waals surface area contributed by atoms with E-state index in [-0.39, 0.29) is 29.8 Å². The van der Waals surface area contributed by atoms with E-state index in [1.54, 1.807) is 5.38 Å². The molecule has 12 heteroatoms. The molecule has 30 heavy (non-hydrogen) atoms. The number of hydrogen-bond acceptors (Lipinski definition) is 10. The summed E-state index contributed by atoms with van der Waals surface area (Å²) in [7, 11) is 0. The zero-order valence-corrected chi connectivity index (χ0v) is 19.3. The number of ether oxygens (including phenoxy) is 1. The summed E-state index contributed by atoms with van der Waals surface area (Å²) in [5.74, 6) is -1.89. The number of anilines is 1. The first kappa shape index (κ1) is 21.4. The molecule has 1 unspecified atom stereocenters. The highest BCUT2D eigenvalue weighted by molar-refractivity contribution is 9.10. The zero-order valence-electron chi connectivity index (χ0n) is 15.2. The number of β-lactam (4-membered cyclic amide) rings is 1. The maximum absolute atomic E-state index is 12.9. The largest absolute Gasteiger partial charge is 0.388 e. The van der Waals surface area contributed by atoms with Gasteiger partial charge in [0.15, 0.2) is 5.13 Å². The number of benzene rings is 1. The van der Waals surface area contributed by atoms with E-state index in [1.165, 1.54) is 39.8 Å². The van der Waals surface area contributed by atoms with E-state index in [0.717, 1.165) is 9.37 Å². The van der Waals surface area contributed by atoms with Gasteiger partial charge in [0, 0.05) is 19.7 Å². The molecule has 0 bridgehead atoms. The van der Waals surface area contributed by atoms with Gasteiger partial charge in [-0.2, -0.15) is 0 Å². The van der Waals surface area contributed by atoms with Crippen molar-refractivity contribution in [2.75, 3.05) is 5.73 Å². The molecule has 0 aliphatic carbocycles. The second-order valence-electron chi connectivity index (χ2n) is 6.34. The molecule has 1 aromatic heterocycles. The molecule has 2 aromatic rings. The Morgan fingerprint density at radius 3 is 2.80 bits per heavy atom. The van der Waals surface area contributed by atoms with Crippen LogP contribution in [-0.4, -0.2) is 38.5 Å². The number of aromatic nitrogens is 1. The van der Waals surface area contributed by atoms with Crippen LogP contribution in [-0.2, 0) is 25.5 Å². The number of esters is 2. The first-order valence-corrected chi connectivity index (χ1v) is 12.1. The van der Waals surface area contributed by atoms with Crippen LogP contribution in [0.15, 0.2) is 49.6 Å². The highest BCUT2D eigenvalue weighted by Gasteiger charge is 2.49. The van der Waals surface area contributed by atoms with Gasteiger partial charge in [0.2, 0.25) is 5.91 Å². The second kappa shape index (κ2) is 8.71. The van der Waals surface area contributed by atoms with Crippen molar-refractivity contribution in [2.45, 2.75) is 28.5 Å². The van der Waals surface area contributed by atoms with Gasteiger partial charge in [-0.1, -0.05) is 23.9 Å². The lowest BCUT2D eigenvalue weighted by molar-refractivity contribution is -0.160. The molecular weight excluding hydrogens is 512 g/mol. The summed E-state index contributed by atoms with van der Waals surface area (Å²) in [5, 5.41) is 1.17. The van der Waals surface area contributed by atoms with E-state index >= 15 is 0 Å². The molecule has 0 spiro atoms. The van der Waals surface area contributed by atoms with Crippen LogP contribution in [0.1, 0.15) is 12.1 Å². The van der Waals surface area contributed by atoms with Crippen molar-refractivity contribution in [1.29, 1.82) is 0 Å². The first-order chi connectivity index (χ1) is 14.3. The molecule has 1 aromatic carbocycles. The average molecular weight is 527 g/mol. The van der Waals surface area contributed by atoms with E-state index in [4.69, 9.17) is 16.2 Å². The van der Waals surface area contributed by atoms with Crippen LogP contribution in [0.5, 0.6) is 0 Å². The molecule has 0 radical (unpaired) electrons. The Labute approximate surface area is 192 Å². The fraction of sp³-hybridized carbons (Fsp3) is 0.222. The number of amides is 1. The number of fused-ring (bicyclic) bond motifs is 1. The van der Waals surface area contributed by atoms with Gasteiger partial charge >= 0.3 is 11.9 Å². The Balaban J connectivity index is 1.62. The van der Waals surface area contributed by atoms with Crippen LogP contribution >= 0.6 is 50.8 Å². The van der Waals surface area contributed by atoms with Crippen molar-refractivity contribution in [3.05, 3.63) is 50.4 Å². The molecular formula is C18H15BrN4O4S3. The fourth-order valence-corrected chi connectivity index (χ4v) is 6.44. The van der Waals surface area contributed by atoms with Crippen molar-refractivity contribution >= 4 is 73.8 Å². The first-order valence-electron chi connectivity index (χ1n) is 8.68. The minimum atomic E-state index is -0.897. The smallest absolute Gasteiger partial charge is 0.363 e. The minimum absolute atomic E-state index is 0.0226. The Morgan fingerprint density at radius 2 is 2.13 bits per heavy atom. The molecule has 2 atom stereocenters. The number of thiazole rings is 1. The van der Waals surface area contributed by atoms with Crippen LogP contribution in [0.3, 0.4) is 0 Å². The van der Waals surface area contributed by atoms with Gasteiger partial charge in [0.1, 0.15) is 5.70 Å². The maximum Gasteiger partial charge on any atom is 0.363 e. The quantitative estimate of drug-likeness (QED) is 0.343. The van der Waals surface area contributed by atoms with Gasteiger partial charge in [-0.3, -0.25) is 14.5 Å².